The van der Waals surface area contributed by atoms with Crippen LogP contribution in [0.3, 0.4) is 0 Å². The standard InChI is InChI=1S/C33H37ClN2O5Si/c1-20-31(42(3,4)26-12-10-25(40-2)11-13-26)29(41-33(20)27-16-23(34)9-14-28(27)35-32(33)39)17-30(38)36-18-22-8-6-5-7-21(22)15-24(36)19-37/h5-14,16,20,24,29,31,37H,15,17-19H2,1-4H3,(H,35,39)/t20-,24+,29+,31-,33+/m1/s1. The number of rotatable bonds is 6. The van der Waals surface area contributed by atoms with Crippen molar-refractivity contribution in [2.24, 2.45) is 5.92 Å². The van der Waals surface area contributed by atoms with Gasteiger partial charge in [-0.05, 0) is 53.4 Å². The fraction of sp³-hybridized carbons (Fsp3) is 0.394. The summed E-state index contributed by atoms with van der Waals surface area (Å²) in [7, 11) is -0.731. The molecule has 0 aromatic heterocycles. The number of amides is 2. The Bertz CT molecular complexity index is 1530. The Hall–Kier alpha value is -3.17. The van der Waals surface area contributed by atoms with Crippen LogP contribution in [0, 0.1) is 5.92 Å². The molecule has 220 valence electrons. The number of hydrogen-bond acceptors (Lipinski definition) is 5. The smallest absolute Gasteiger partial charge is 0.261 e. The maximum Gasteiger partial charge on any atom is 0.261 e. The molecule has 1 saturated heterocycles. The number of nitrogens with zero attached hydrogens (tertiary/aromatic N) is 1. The van der Waals surface area contributed by atoms with E-state index in [0.29, 0.717) is 23.7 Å². The molecule has 0 unspecified atom stereocenters. The third-order valence-electron chi connectivity index (χ3n) is 9.81. The summed E-state index contributed by atoms with van der Waals surface area (Å²) in [4.78, 5) is 29.8. The van der Waals surface area contributed by atoms with Gasteiger partial charge in [-0.15, -0.1) is 0 Å². The van der Waals surface area contributed by atoms with Crippen molar-refractivity contribution in [1.82, 2.24) is 4.90 Å². The number of carbonyl (C=O) groups is 2. The quantitative estimate of drug-likeness (QED) is 0.393. The Labute approximate surface area is 252 Å². The summed E-state index contributed by atoms with van der Waals surface area (Å²) in [5.74, 6) is 0.259. The first-order chi connectivity index (χ1) is 20.1. The van der Waals surface area contributed by atoms with E-state index in [2.05, 4.69) is 43.5 Å². The summed E-state index contributed by atoms with van der Waals surface area (Å²) < 4.78 is 12.3. The lowest BCUT2D eigenvalue weighted by molar-refractivity contribution is -0.149. The first-order valence-electron chi connectivity index (χ1n) is 14.5. The van der Waals surface area contributed by atoms with Crippen LogP contribution >= 0.6 is 11.6 Å². The van der Waals surface area contributed by atoms with Crippen LogP contribution < -0.4 is 15.2 Å². The second kappa shape index (κ2) is 10.8. The number of halogens is 1. The zero-order chi connectivity index (χ0) is 29.8. The molecule has 2 amide bonds. The highest BCUT2D eigenvalue weighted by molar-refractivity contribution is 6.91. The Balaban J connectivity index is 1.39. The van der Waals surface area contributed by atoms with Gasteiger partial charge >= 0.3 is 0 Å². The number of benzene rings is 3. The van der Waals surface area contributed by atoms with Crippen LogP contribution in [0.5, 0.6) is 5.75 Å². The molecule has 6 rings (SSSR count). The van der Waals surface area contributed by atoms with Crippen molar-refractivity contribution in [2.45, 2.75) is 62.7 Å². The molecule has 0 bridgehead atoms. The molecule has 3 aliphatic heterocycles. The minimum Gasteiger partial charge on any atom is -0.497 e. The highest BCUT2D eigenvalue weighted by Crippen LogP contribution is 2.59. The zero-order valence-corrected chi connectivity index (χ0v) is 26.1. The number of aliphatic hydroxyl groups excluding tert-OH is 1. The molecule has 0 aliphatic carbocycles. The Morgan fingerprint density at radius 2 is 1.86 bits per heavy atom. The number of carbonyl (C=O) groups excluding carboxylic acids is 2. The molecule has 42 heavy (non-hydrogen) atoms. The molecule has 7 nitrogen and oxygen atoms in total. The molecular formula is C33H37ClN2O5Si. The van der Waals surface area contributed by atoms with Crippen molar-refractivity contribution < 1.29 is 24.2 Å². The number of aliphatic hydroxyl groups is 1. The Kier molecular flexibility index (Phi) is 7.46. The predicted molar refractivity (Wildman–Crippen MR) is 166 cm³/mol. The summed E-state index contributed by atoms with van der Waals surface area (Å²) in [6, 6.07) is 21.3. The molecular weight excluding hydrogens is 568 g/mol. The van der Waals surface area contributed by atoms with Crippen molar-refractivity contribution in [3.63, 3.8) is 0 Å². The van der Waals surface area contributed by atoms with Gasteiger partial charge in [-0.2, -0.15) is 0 Å². The zero-order valence-electron chi connectivity index (χ0n) is 24.4. The fourth-order valence-corrected chi connectivity index (χ4v) is 11.8. The summed E-state index contributed by atoms with van der Waals surface area (Å²) in [6.07, 6.45) is 0.211. The van der Waals surface area contributed by atoms with Crippen molar-refractivity contribution in [2.75, 3.05) is 19.0 Å². The molecule has 3 aliphatic rings. The van der Waals surface area contributed by atoms with Crippen LogP contribution in [0.15, 0.2) is 66.7 Å². The lowest BCUT2D eigenvalue weighted by atomic mass is 9.82. The van der Waals surface area contributed by atoms with Crippen LogP contribution in [0.4, 0.5) is 5.69 Å². The van der Waals surface area contributed by atoms with Gasteiger partial charge in [0.2, 0.25) is 5.91 Å². The average molecular weight is 605 g/mol. The minimum atomic E-state index is -2.38. The van der Waals surface area contributed by atoms with Gasteiger partial charge in [0.1, 0.15) is 5.75 Å². The van der Waals surface area contributed by atoms with Crippen LogP contribution in [-0.2, 0) is 32.9 Å². The van der Waals surface area contributed by atoms with Gasteiger partial charge in [0, 0.05) is 28.7 Å². The first kappa shape index (κ1) is 28.9. The van der Waals surface area contributed by atoms with E-state index < -0.39 is 19.8 Å². The van der Waals surface area contributed by atoms with E-state index in [9.17, 15) is 14.7 Å². The maximum absolute atomic E-state index is 14.1. The number of methoxy groups -OCH3 is 1. The molecule has 3 aromatic carbocycles. The third-order valence-corrected chi connectivity index (χ3v) is 14.4. The van der Waals surface area contributed by atoms with Crippen LogP contribution in [0.25, 0.3) is 0 Å². The largest absolute Gasteiger partial charge is 0.497 e. The lowest BCUT2D eigenvalue weighted by Crippen LogP contribution is -2.52. The minimum absolute atomic E-state index is 0.0739. The molecule has 2 N–H and O–H groups in total. The monoisotopic (exact) mass is 604 g/mol. The van der Waals surface area contributed by atoms with E-state index in [1.54, 1.807) is 18.1 Å². The summed E-state index contributed by atoms with van der Waals surface area (Å²) in [5, 5.41) is 15.0. The third kappa shape index (κ3) is 4.56. The molecule has 1 fully saturated rings. The Morgan fingerprint density at radius 1 is 1.14 bits per heavy atom. The van der Waals surface area contributed by atoms with Gasteiger partial charge in [0.15, 0.2) is 5.60 Å². The van der Waals surface area contributed by atoms with Gasteiger partial charge in [0.05, 0.1) is 40.4 Å². The Morgan fingerprint density at radius 3 is 2.55 bits per heavy atom. The van der Waals surface area contributed by atoms with Crippen LogP contribution in [0.1, 0.15) is 30.0 Å². The van der Waals surface area contributed by atoms with Gasteiger partial charge in [0.25, 0.3) is 5.91 Å². The topological polar surface area (TPSA) is 88.1 Å². The predicted octanol–water partition coefficient (Wildman–Crippen LogP) is 4.85. The lowest BCUT2D eigenvalue weighted by Gasteiger charge is -2.39. The molecule has 3 heterocycles. The van der Waals surface area contributed by atoms with Crippen molar-refractivity contribution in [1.29, 1.82) is 0 Å². The summed E-state index contributed by atoms with van der Waals surface area (Å²) in [6.45, 7) is 6.98. The van der Waals surface area contributed by atoms with Crippen molar-refractivity contribution >= 4 is 42.4 Å². The van der Waals surface area contributed by atoms with Crippen LogP contribution in [0.2, 0.25) is 23.7 Å². The molecule has 0 saturated carbocycles. The number of ether oxygens (including phenoxy) is 2. The average Bonchev–Trinajstić information content (AvgIpc) is 3.44. The van der Waals surface area contributed by atoms with Gasteiger partial charge in [-0.25, -0.2) is 0 Å². The van der Waals surface area contributed by atoms with Gasteiger partial charge < -0.3 is 24.8 Å². The van der Waals surface area contributed by atoms with Gasteiger partial charge in [-0.1, -0.05) is 73.2 Å². The van der Waals surface area contributed by atoms with Crippen molar-refractivity contribution in [3.8, 4) is 5.75 Å². The van der Waals surface area contributed by atoms with Gasteiger partial charge in [-0.3, -0.25) is 9.59 Å². The number of nitrogens with one attached hydrogen (secondary N) is 1. The second-order valence-electron chi connectivity index (χ2n) is 12.3. The SMILES string of the molecule is COc1ccc([Si](C)(C)[C@H]2[C@H](CC(=O)N3Cc4ccccc4C[C@H]3CO)O[C@@]3(C(=O)Nc4ccc(Cl)cc43)[C@@H]2C)cc1. The highest BCUT2D eigenvalue weighted by atomic mass is 35.5. The number of hydrogen-bond donors (Lipinski definition) is 2. The summed E-state index contributed by atoms with van der Waals surface area (Å²) in [5.41, 5.74) is 2.35. The number of fused-ring (bicyclic) bond motifs is 3. The highest BCUT2D eigenvalue weighted by Gasteiger charge is 2.65. The normalized spacial score (nSPS) is 26.6. The summed E-state index contributed by atoms with van der Waals surface area (Å²) >= 11 is 6.44. The van der Waals surface area contributed by atoms with E-state index in [-0.39, 0.29) is 42.3 Å². The molecule has 0 radical (unpaired) electrons. The van der Waals surface area contributed by atoms with Crippen LogP contribution in [-0.4, -0.2) is 55.8 Å². The van der Waals surface area contributed by atoms with E-state index >= 15 is 0 Å². The molecule has 1 spiro atoms. The second-order valence-corrected chi connectivity index (χ2v) is 17.5. The number of anilines is 1. The molecule has 9 heteroatoms. The van der Waals surface area contributed by atoms with E-state index in [1.807, 2.05) is 42.5 Å². The van der Waals surface area contributed by atoms with E-state index in [0.717, 1.165) is 22.4 Å². The first-order valence-corrected chi connectivity index (χ1v) is 18.0. The molecule has 3 aromatic rings. The maximum atomic E-state index is 14.1. The molecule has 5 atom stereocenters. The fourth-order valence-electron chi connectivity index (χ4n) is 7.64. The van der Waals surface area contributed by atoms with Crippen molar-refractivity contribution in [3.05, 3.63) is 88.4 Å². The van der Waals surface area contributed by atoms with E-state index in [4.69, 9.17) is 21.1 Å². The van der Waals surface area contributed by atoms with E-state index in [1.165, 1.54) is 5.19 Å².